The molecule has 1 aliphatic carbocycles. The molecule has 1 aromatic heterocycles. The normalized spacial score (nSPS) is 19.1. The van der Waals surface area contributed by atoms with Crippen molar-refractivity contribution in [3.05, 3.63) is 65.1 Å². The molecule has 2 amide bonds. The van der Waals surface area contributed by atoms with Crippen LogP contribution in [0.4, 0.5) is 9.18 Å². The summed E-state index contributed by atoms with van der Waals surface area (Å²) in [6.45, 7) is 0.609. The van der Waals surface area contributed by atoms with Crippen LogP contribution < -0.4 is 10.1 Å². The van der Waals surface area contributed by atoms with Gasteiger partial charge in [-0.15, -0.1) is 0 Å². The van der Waals surface area contributed by atoms with E-state index in [-0.39, 0.29) is 23.9 Å². The van der Waals surface area contributed by atoms with E-state index in [1.54, 1.807) is 19.2 Å². The Kier molecular flexibility index (Phi) is 4.85. The van der Waals surface area contributed by atoms with Gasteiger partial charge < -0.3 is 19.9 Å². The number of H-pyrrole nitrogens is 1. The van der Waals surface area contributed by atoms with Gasteiger partial charge in [0.15, 0.2) is 0 Å². The highest BCUT2D eigenvalue weighted by Gasteiger charge is 2.35. The fourth-order valence-electron chi connectivity index (χ4n) is 4.93. The number of rotatable bonds is 3. The highest BCUT2D eigenvalue weighted by atomic mass is 19.1. The number of hydrogen-bond donors (Lipinski definition) is 2. The Hall–Kier alpha value is -3.02. The third kappa shape index (κ3) is 3.30. The van der Waals surface area contributed by atoms with Gasteiger partial charge in [0.2, 0.25) is 0 Å². The van der Waals surface area contributed by atoms with Crippen molar-refractivity contribution in [1.82, 2.24) is 15.2 Å². The van der Waals surface area contributed by atoms with E-state index in [0.717, 1.165) is 47.2 Å². The second-order valence-corrected chi connectivity index (χ2v) is 8.26. The molecule has 1 saturated carbocycles. The van der Waals surface area contributed by atoms with Gasteiger partial charge in [0.05, 0.1) is 13.2 Å². The van der Waals surface area contributed by atoms with Crippen LogP contribution >= 0.6 is 0 Å². The molecule has 0 radical (unpaired) electrons. The SMILES string of the molecule is COc1ccc2[nH]c3c(c2c1)CCN(C(=O)NC1CCCC1)[C@@H]3c1ccc(F)cc1. The lowest BCUT2D eigenvalue weighted by Gasteiger charge is -2.37. The molecule has 30 heavy (non-hydrogen) atoms. The molecule has 1 atom stereocenters. The van der Waals surface area contributed by atoms with Crippen LogP contribution in [0.1, 0.15) is 48.5 Å². The number of nitrogens with zero attached hydrogens (tertiary/aromatic N) is 1. The first kappa shape index (κ1) is 19.0. The van der Waals surface area contributed by atoms with Crippen molar-refractivity contribution in [1.29, 1.82) is 0 Å². The molecule has 1 aliphatic heterocycles. The Balaban J connectivity index is 1.57. The Morgan fingerprint density at radius 3 is 2.67 bits per heavy atom. The molecule has 5 rings (SSSR count). The van der Waals surface area contributed by atoms with Gasteiger partial charge in [0.1, 0.15) is 11.6 Å². The second-order valence-electron chi connectivity index (χ2n) is 8.26. The minimum Gasteiger partial charge on any atom is -0.497 e. The topological polar surface area (TPSA) is 57.4 Å². The van der Waals surface area contributed by atoms with Crippen LogP contribution in [0.15, 0.2) is 42.5 Å². The summed E-state index contributed by atoms with van der Waals surface area (Å²) in [5, 5.41) is 4.34. The number of hydrogen-bond acceptors (Lipinski definition) is 2. The quantitative estimate of drug-likeness (QED) is 0.648. The Morgan fingerprint density at radius 2 is 1.93 bits per heavy atom. The van der Waals surface area contributed by atoms with Crippen molar-refractivity contribution in [2.45, 2.75) is 44.2 Å². The number of halogens is 1. The van der Waals surface area contributed by atoms with Gasteiger partial charge in [-0.2, -0.15) is 0 Å². The highest BCUT2D eigenvalue weighted by Crippen LogP contribution is 2.39. The molecule has 1 fully saturated rings. The number of carbonyl (C=O) groups is 1. The van der Waals surface area contributed by atoms with Gasteiger partial charge in [-0.05, 0) is 60.7 Å². The summed E-state index contributed by atoms with van der Waals surface area (Å²) in [5.74, 6) is 0.530. The Bertz CT molecular complexity index is 1070. The lowest BCUT2D eigenvalue weighted by Crippen LogP contribution is -2.48. The molecule has 3 aromatic rings. The van der Waals surface area contributed by atoms with Gasteiger partial charge >= 0.3 is 6.03 Å². The van der Waals surface area contributed by atoms with E-state index in [9.17, 15) is 9.18 Å². The first-order valence-electron chi connectivity index (χ1n) is 10.6. The molecular weight excluding hydrogens is 381 g/mol. The van der Waals surface area contributed by atoms with E-state index in [1.807, 2.05) is 23.1 Å². The number of ether oxygens (including phenoxy) is 1. The van der Waals surface area contributed by atoms with Crippen molar-refractivity contribution in [2.75, 3.05) is 13.7 Å². The Morgan fingerprint density at radius 1 is 1.17 bits per heavy atom. The zero-order valence-electron chi connectivity index (χ0n) is 17.1. The molecule has 0 unspecified atom stereocenters. The monoisotopic (exact) mass is 407 g/mol. The minimum absolute atomic E-state index is 0.0434. The summed E-state index contributed by atoms with van der Waals surface area (Å²) < 4.78 is 19.0. The zero-order chi connectivity index (χ0) is 20.7. The minimum atomic E-state index is -0.283. The number of nitrogens with one attached hydrogen (secondary N) is 2. The molecular formula is C24H26FN3O2. The third-order valence-corrected chi connectivity index (χ3v) is 6.46. The van der Waals surface area contributed by atoms with Gasteiger partial charge in [0, 0.05) is 29.2 Å². The molecule has 2 aliphatic rings. The van der Waals surface area contributed by atoms with Crippen molar-refractivity contribution in [3.63, 3.8) is 0 Å². The summed E-state index contributed by atoms with van der Waals surface area (Å²) in [6.07, 6.45) is 5.18. The van der Waals surface area contributed by atoms with Crippen molar-refractivity contribution in [3.8, 4) is 5.75 Å². The maximum absolute atomic E-state index is 13.6. The number of aromatic nitrogens is 1. The second kappa shape index (κ2) is 7.67. The standard InChI is InChI=1S/C24H26FN3O2/c1-30-18-10-11-21-20(14-18)19-12-13-28(24(29)26-17-4-2-3-5-17)23(22(19)27-21)15-6-8-16(25)9-7-15/h6-11,14,17,23,27H,2-5,12-13H2,1H3,(H,26,29)/t23-/m1/s1. The van der Waals surface area contributed by atoms with Crippen LogP contribution in [0, 0.1) is 5.82 Å². The number of urea groups is 1. The van der Waals surface area contributed by atoms with Crippen molar-refractivity contribution >= 4 is 16.9 Å². The summed E-state index contributed by atoms with van der Waals surface area (Å²) >= 11 is 0. The van der Waals surface area contributed by atoms with Crippen LogP contribution in [0.2, 0.25) is 0 Å². The number of methoxy groups -OCH3 is 1. The summed E-state index contributed by atoms with van der Waals surface area (Å²) in [6, 6.07) is 12.4. The number of fused-ring (bicyclic) bond motifs is 3. The van der Waals surface area contributed by atoms with Crippen LogP contribution in [0.3, 0.4) is 0 Å². The number of benzene rings is 2. The van der Waals surface area contributed by atoms with Crippen LogP contribution in [-0.4, -0.2) is 35.6 Å². The van der Waals surface area contributed by atoms with Crippen molar-refractivity contribution in [2.24, 2.45) is 0 Å². The average Bonchev–Trinajstić information content (AvgIpc) is 3.40. The van der Waals surface area contributed by atoms with E-state index in [4.69, 9.17) is 4.74 Å². The molecule has 156 valence electrons. The molecule has 6 heteroatoms. The molecule has 2 aromatic carbocycles. The first-order valence-corrected chi connectivity index (χ1v) is 10.6. The maximum atomic E-state index is 13.6. The van der Waals surface area contributed by atoms with Gasteiger partial charge in [0.25, 0.3) is 0 Å². The molecule has 0 bridgehead atoms. The lowest BCUT2D eigenvalue weighted by molar-refractivity contribution is 0.175. The molecule has 0 saturated heterocycles. The van der Waals surface area contributed by atoms with Crippen LogP contribution in [0.5, 0.6) is 5.75 Å². The average molecular weight is 407 g/mol. The Labute approximate surface area is 175 Å². The van der Waals surface area contributed by atoms with Gasteiger partial charge in [-0.25, -0.2) is 9.18 Å². The van der Waals surface area contributed by atoms with E-state index in [2.05, 4.69) is 10.3 Å². The molecule has 5 nitrogen and oxygen atoms in total. The number of carbonyl (C=O) groups excluding carboxylic acids is 1. The van der Waals surface area contributed by atoms with Gasteiger partial charge in [-0.1, -0.05) is 25.0 Å². The maximum Gasteiger partial charge on any atom is 0.318 e. The van der Waals surface area contributed by atoms with Crippen LogP contribution in [-0.2, 0) is 6.42 Å². The zero-order valence-corrected chi connectivity index (χ0v) is 17.1. The predicted molar refractivity (Wildman–Crippen MR) is 114 cm³/mol. The van der Waals surface area contributed by atoms with E-state index in [0.29, 0.717) is 6.54 Å². The largest absolute Gasteiger partial charge is 0.497 e. The molecule has 2 N–H and O–H groups in total. The molecule has 2 heterocycles. The van der Waals surface area contributed by atoms with E-state index in [1.165, 1.54) is 30.5 Å². The fraction of sp³-hybridized carbons (Fsp3) is 0.375. The van der Waals surface area contributed by atoms with Crippen LogP contribution in [0.25, 0.3) is 10.9 Å². The number of amides is 2. The first-order chi connectivity index (χ1) is 14.6. The summed E-state index contributed by atoms with van der Waals surface area (Å²) in [4.78, 5) is 18.7. The third-order valence-electron chi connectivity index (χ3n) is 6.46. The summed E-state index contributed by atoms with van der Waals surface area (Å²) in [5.41, 5.74) is 4.12. The molecule has 0 spiro atoms. The lowest BCUT2D eigenvalue weighted by atomic mass is 9.92. The van der Waals surface area contributed by atoms with Crippen molar-refractivity contribution < 1.29 is 13.9 Å². The van der Waals surface area contributed by atoms with Gasteiger partial charge in [-0.3, -0.25) is 0 Å². The van der Waals surface area contributed by atoms with E-state index < -0.39 is 0 Å². The van der Waals surface area contributed by atoms with E-state index >= 15 is 0 Å². The number of aromatic amines is 1. The highest BCUT2D eigenvalue weighted by molar-refractivity contribution is 5.87. The predicted octanol–water partition coefficient (Wildman–Crippen LogP) is 4.92. The summed E-state index contributed by atoms with van der Waals surface area (Å²) in [7, 11) is 1.66. The fourth-order valence-corrected chi connectivity index (χ4v) is 4.93. The smallest absolute Gasteiger partial charge is 0.318 e.